The van der Waals surface area contributed by atoms with Gasteiger partial charge in [0.1, 0.15) is 5.82 Å². The Labute approximate surface area is 239 Å². The van der Waals surface area contributed by atoms with Gasteiger partial charge in [0.05, 0.1) is 57.9 Å². The van der Waals surface area contributed by atoms with Crippen LogP contribution in [0.1, 0.15) is 28.7 Å². The number of hydrogen-bond donors (Lipinski definition) is 1. The van der Waals surface area contributed by atoms with Crippen LogP contribution in [0.5, 0.6) is 0 Å². The van der Waals surface area contributed by atoms with E-state index in [1.165, 1.54) is 12.3 Å². The predicted octanol–water partition coefficient (Wildman–Crippen LogP) is 3.88. The van der Waals surface area contributed by atoms with Crippen molar-refractivity contribution in [2.45, 2.75) is 43.7 Å². The largest absolute Gasteiger partial charge is 0.416 e. The molecule has 1 aliphatic rings. The second-order valence-corrected chi connectivity index (χ2v) is 12.1. The van der Waals surface area contributed by atoms with Gasteiger partial charge in [-0.3, -0.25) is 14.8 Å². The van der Waals surface area contributed by atoms with Gasteiger partial charge in [-0.25, -0.2) is 18.4 Å². The smallest absolute Gasteiger partial charge is 0.362 e. The van der Waals surface area contributed by atoms with Gasteiger partial charge >= 0.3 is 6.18 Å². The summed E-state index contributed by atoms with van der Waals surface area (Å²) in [5.41, 5.74) is 2.48. The molecule has 220 valence electrons. The molecule has 42 heavy (non-hydrogen) atoms. The highest BCUT2D eigenvalue weighted by molar-refractivity contribution is 7.90. The van der Waals surface area contributed by atoms with E-state index in [4.69, 9.17) is 4.74 Å². The zero-order valence-corrected chi connectivity index (χ0v) is 23.7. The molecule has 4 aromatic rings. The Balaban J connectivity index is 1.34. The second kappa shape index (κ2) is 11.2. The number of amides is 1. The molecule has 0 radical (unpaired) electrons. The van der Waals surface area contributed by atoms with E-state index in [-0.39, 0.29) is 30.1 Å². The van der Waals surface area contributed by atoms with E-state index in [2.05, 4.69) is 25.3 Å². The topological polar surface area (TPSA) is 127 Å². The van der Waals surface area contributed by atoms with Crippen molar-refractivity contribution < 1.29 is 31.1 Å². The first-order chi connectivity index (χ1) is 19.8. The first-order valence-corrected chi connectivity index (χ1v) is 14.8. The number of fused-ring (bicyclic) bond motifs is 1. The van der Waals surface area contributed by atoms with E-state index < -0.39 is 34.1 Å². The number of hydrogen-bond acceptors (Lipinski definition) is 9. The number of alkyl halides is 3. The maximum absolute atomic E-state index is 13.4. The summed E-state index contributed by atoms with van der Waals surface area (Å²) in [7, 11) is -3.55. The summed E-state index contributed by atoms with van der Waals surface area (Å²) in [5.74, 6) is -0.122. The van der Waals surface area contributed by atoms with Crippen LogP contribution in [-0.2, 0) is 21.1 Å². The van der Waals surface area contributed by atoms with Crippen molar-refractivity contribution in [2.24, 2.45) is 0 Å². The number of halogens is 3. The number of nitrogens with zero attached hydrogens (tertiary/aromatic N) is 5. The third-order valence-corrected chi connectivity index (χ3v) is 7.92. The van der Waals surface area contributed by atoms with E-state index in [0.29, 0.717) is 34.1 Å². The van der Waals surface area contributed by atoms with Crippen LogP contribution < -0.4 is 10.2 Å². The number of aryl methyl sites for hydroxylation is 1. The summed E-state index contributed by atoms with van der Waals surface area (Å²) in [4.78, 5) is 31.9. The van der Waals surface area contributed by atoms with Crippen LogP contribution in [0.25, 0.3) is 22.3 Å². The SMILES string of the molecule is Cc1ncc(C(=O)NCc2cc3nc(-c4cccc(N5C[C@H](C)O[C@@H](C(F)(F)F)C5)n4)ccc3cn2)cc1S(C)(=O)=O. The molecule has 0 bridgehead atoms. The molecule has 0 aromatic carbocycles. The van der Waals surface area contributed by atoms with Crippen LogP contribution in [0.15, 0.2) is 59.8 Å². The van der Waals surface area contributed by atoms with Gasteiger partial charge in [0.15, 0.2) is 15.9 Å². The summed E-state index contributed by atoms with van der Waals surface area (Å²) in [6.07, 6.45) is -3.03. The van der Waals surface area contributed by atoms with Gasteiger partial charge in [-0.1, -0.05) is 6.07 Å². The number of rotatable bonds is 6. The van der Waals surface area contributed by atoms with E-state index in [1.807, 2.05) is 6.07 Å². The molecule has 14 heteroatoms. The molecule has 5 rings (SSSR count). The minimum Gasteiger partial charge on any atom is -0.362 e. The van der Waals surface area contributed by atoms with E-state index in [1.54, 1.807) is 55.3 Å². The first kappa shape index (κ1) is 29.3. The molecule has 1 saturated heterocycles. The Morgan fingerprint density at radius 2 is 1.83 bits per heavy atom. The Bertz CT molecular complexity index is 1770. The highest BCUT2D eigenvalue weighted by atomic mass is 32.2. The molecular formula is C28H27F3N6O4S. The first-order valence-electron chi connectivity index (χ1n) is 12.9. The van der Waals surface area contributed by atoms with Crippen molar-refractivity contribution in [1.29, 1.82) is 0 Å². The minimum absolute atomic E-state index is 0.0170. The Hall–Kier alpha value is -4.17. The van der Waals surface area contributed by atoms with E-state index in [0.717, 1.165) is 11.6 Å². The summed E-state index contributed by atoms with van der Waals surface area (Å²) in [6.45, 7) is 3.11. The summed E-state index contributed by atoms with van der Waals surface area (Å²) >= 11 is 0. The van der Waals surface area contributed by atoms with E-state index in [9.17, 15) is 26.4 Å². The molecule has 4 aromatic heterocycles. The number of pyridine rings is 4. The van der Waals surface area contributed by atoms with Crippen LogP contribution in [0.3, 0.4) is 0 Å². The van der Waals surface area contributed by atoms with Crippen molar-refractivity contribution in [3.63, 3.8) is 0 Å². The number of morpholine rings is 1. The summed E-state index contributed by atoms with van der Waals surface area (Å²) in [6, 6.07) is 11.7. The number of aromatic nitrogens is 4. The second-order valence-electron chi connectivity index (χ2n) is 10.1. The lowest BCUT2D eigenvalue weighted by Gasteiger charge is -2.38. The van der Waals surface area contributed by atoms with Crippen LogP contribution >= 0.6 is 0 Å². The third kappa shape index (κ3) is 6.49. The van der Waals surface area contributed by atoms with Gasteiger partial charge in [-0.2, -0.15) is 13.2 Å². The number of carbonyl (C=O) groups is 1. The molecule has 0 unspecified atom stereocenters. The lowest BCUT2D eigenvalue weighted by molar-refractivity contribution is -0.233. The molecule has 10 nitrogen and oxygen atoms in total. The molecule has 1 N–H and O–H groups in total. The van der Waals surface area contributed by atoms with Gasteiger partial charge in [0.2, 0.25) is 0 Å². The quantitative estimate of drug-likeness (QED) is 0.351. The molecule has 1 fully saturated rings. The van der Waals surface area contributed by atoms with Crippen LogP contribution in [0, 0.1) is 6.92 Å². The zero-order valence-electron chi connectivity index (χ0n) is 22.9. The predicted molar refractivity (Wildman–Crippen MR) is 149 cm³/mol. The zero-order chi connectivity index (χ0) is 30.2. The minimum atomic E-state index is -4.48. The Morgan fingerprint density at radius 1 is 1.07 bits per heavy atom. The third-order valence-electron chi connectivity index (χ3n) is 6.71. The fourth-order valence-corrected chi connectivity index (χ4v) is 5.57. The fraction of sp³-hybridized carbons (Fsp3) is 0.321. The Morgan fingerprint density at radius 3 is 2.57 bits per heavy atom. The number of ether oxygens (including phenoxy) is 1. The van der Waals surface area contributed by atoms with Gasteiger partial charge in [0, 0.05) is 30.6 Å². The van der Waals surface area contributed by atoms with Gasteiger partial charge in [-0.05, 0) is 50.2 Å². The van der Waals surface area contributed by atoms with Crippen LogP contribution in [-0.4, -0.2) is 72.0 Å². The molecule has 1 amide bonds. The monoisotopic (exact) mass is 600 g/mol. The highest BCUT2D eigenvalue weighted by Gasteiger charge is 2.45. The van der Waals surface area contributed by atoms with Crippen LogP contribution in [0.4, 0.5) is 19.0 Å². The maximum Gasteiger partial charge on any atom is 0.416 e. The lowest BCUT2D eigenvalue weighted by atomic mass is 10.1. The fourth-order valence-electron chi connectivity index (χ4n) is 4.64. The standard InChI is InChI=1S/C28H27F3N6O4S/c1-16-14-37(15-25(41-16)28(29,30)31)26-6-4-5-21(36-26)22-8-7-18-11-33-20(10-23(18)35-22)13-34-27(38)19-9-24(42(3,39)40)17(2)32-12-19/h4-12,16,25H,13-15H2,1-3H3,(H,34,38)/t16-,25+/m0/s1. The molecule has 0 aliphatic carbocycles. The molecular weight excluding hydrogens is 573 g/mol. The number of carbonyl (C=O) groups excluding carboxylic acids is 1. The molecule has 2 atom stereocenters. The lowest BCUT2D eigenvalue weighted by Crippen LogP contribution is -2.52. The average Bonchev–Trinajstić information content (AvgIpc) is 2.94. The van der Waals surface area contributed by atoms with Crippen molar-refractivity contribution in [3.8, 4) is 11.4 Å². The average molecular weight is 601 g/mol. The van der Waals surface area contributed by atoms with Crippen molar-refractivity contribution in [1.82, 2.24) is 25.3 Å². The number of sulfone groups is 1. The highest BCUT2D eigenvalue weighted by Crippen LogP contribution is 2.30. The Kier molecular flexibility index (Phi) is 7.86. The summed E-state index contributed by atoms with van der Waals surface area (Å²) < 4.78 is 69.1. The normalized spacial score (nSPS) is 17.8. The summed E-state index contributed by atoms with van der Waals surface area (Å²) in [5, 5.41) is 3.45. The van der Waals surface area contributed by atoms with Crippen molar-refractivity contribution in [3.05, 3.63) is 71.8 Å². The van der Waals surface area contributed by atoms with Gasteiger partial charge in [0.25, 0.3) is 5.91 Å². The van der Waals surface area contributed by atoms with E-state index >= 15 is 0 Å². The maximum atomic E-state index is 13.4. The molecule has 5 heterocycles. The van der Waals surface area contributed by atoms with Gasteiger partial charge < -0.3 is 15.0 Å². The number of anilines is 1. The number of nitrogens with one attached hydrogen (secondary N) is 1. The van der Waals surface area contributed by atoms with Crippen LogP contribution in [0.2, 0.25) is 0 Å². The van der Waals surface area contributed by atoms with Crippen molar-refractivity contribution >= 4 is 32.5 Å². The molecule has 0 saturated carbocycles. The molecule has 0 spiro atoms. The van der Waals surface area contributed by atoms with Crippen molar-refractivity contribution in [2.75, 3.05) is 24.2 Å². The molecule has 1 aliphatic heterocycles. The van der Waals surface area contributed by atoms with Gasteiger partial charge in [-0.15, -0.1) is 0 Å².